The maximum Gasteiger partial charge on any atom is 0.305 e. The van der Waals surface area contributed by atoms with Crippen LogP contribution in [-0.2, 0) is 16.1 Å². The SMILES string of the molecule is COC1CC(CC(=O)O)N(C(=O)c2cnn(Cc3ccccc3)c2)C1. The summed E-state index contributed by atoms with van der Waals surface area (Å²) in [7, 11) is 1.58. The molecule has 2 unspecified atom stereocenters. The monoisotopic (exact) mass is 343 g/mol. The number of amides is 1. The lowest BCUT2D eigenvalue weighted by Crippen LogP contribution is -2.37. The fourth-order valence-electron chi connectivity index (χ4n) is 3.19. The van der Waals surface area contributed by atoms with Gasteiger partial charge in [0.25, 0.3) is 5.91 Å². The Labute approximate surface area is 145 Å². The quantitative estimate of drug-likeness (QED) is 0.862. The average Bonchev–Trinajstić information content (AvgIpc) is 3.22. The molecular weight excluding hydrogens is 322 g/mol. The molecular formula is C18H21N3O4. The second-order valence-electron chi connectivity index (χ2n) is 6.21. The van der Waals surface area contributed by atoms with E-state index >= 15 is 0 Å². The summed E-state index contributed by atoms with van der Waals surface area (Å²) < 4.78 is 7.02. The van der Waals surface area contributed by atoms with Gasteiger partial charge < -0.3 is 14.7 Å². The summed E-state index contributed by atoms with van der Waals surface area (Å²) in [5, 5.41) is 13.3. The van der Waals surface area contributed by atoms with Gasteiger partial charge in [0.15, 0.2) is 0 Å². The molecule has 3 rings (SSSR count). The Balaban J connectivity index is 1.72. The normalized spacial score (nSPS) is 20.0. The zero-order chi connectivity index (χ0) is 17.8. The number of aromatic nitrogens is 2. The fourth-order valence-corrected chi connectivity index (χ4v) is 3.19. The molecule has 1 fully saturated rings. The summed E-state index contributed by atoms with van der Waals surface area (Å²) in [5.41, 5.74) is 1.55. The molecule has 1 aromatic carbocycles. The highest BCUT2D eigenvalue weighted by Gasteiger charge is 2.37. The smallest absolute Gasteiger partial charge is 0.305 e. The third kappa shape index (κ3) is 4.06. The maximum atomic E-state index is 12.8. The Morgan fingerprint density at radius 2 is 2.08 bits per heavy atom. The predicted octanol–water partition coefficient (Wildman–Crippen LogP) is 1.64. The molecule has 7 heteroatoms. The van der Waals surface area contributed by atoms with Crippen LogP contribution in [0.15, 0.2) is 42.7 Å². The van der Waals surface area contributed by atoms with Gasteiger partial charge in [-0.2, -0.15) is 5.10 Å². The van der Waals surface area contributed by atoms with Crippen LogP contribution in [0.5, 0.6) is 0 Å². The fraction of sp³-hybridized carbons (Fsp3) is 0.389. The van der Waals surface area contributed by atoms with E-state index in [-0.39, 0.29) is 24.5 Å². The summed E-state index contributed by atoms with van der Waals surface area (Å²) in [5.74, 6) is -1.12. The lowest BCUT2D eigenvalue weighted by Gasteiger charge is -2.22. The third-order valence-electron chi connectivity index (χ3n) is 4.45. The summed E-state index contributed by atoms with van der Waals surface area (Å²) in [6.45, 7) is 0.977. The molecule has 1 aliphatic heterocycles. The van der Waals surface area contributed by atoms with E-state index in [1.807, 2.05) is 30.3 Å². The Morgan fingerprint density at radius 3 is 2.76 bits per heavy atom. The minimum absolute atomic E-state index is 0.0796. The van der Waals surface area contributed by atoms with Crippen molar-refractivity contribution in [3.63, 3.8) is 0 Å². The van der Waals surface area contributed by atoms with Crippen LogP contribution in [0.4, 0.5) is 0 Å². The summed E-state index contributed by atoms with van der Waals surface area (Å²) in [6, 6.07) is 9.50. The van der Waals surface area contributed by atoms with Crippen LogP contribution in [-0.4, -0.2) is 57.5 Å². The van der Waals surface area contributed by atoms with E-state index in [1.54, 1.807) is 22.9 Å². The van der Waals surface area contributed by atoms with Gasteiger partial charge in [-0.1, -0.05) is 30.3 Å². The van der Waals surface area contributed by atoms with Crippen molar-refractivity contribution in [2.45, 2.75) is 31.5 Å². The third-order valence-corrected chi connectivity index (χ3v) is 4.45. The molecule has 0 bridgehead atoms. The molecule has 2 aromatic rings. The predicted molar refractivity (Wildman–Crippen MR) is 90.3 cm³/mol. The lowest BCUT2D eigenvalue weighted by atomic mass is 10.1. The number of benzene rings is 1. The zero-order valence-electron chi connectivity index (χ0n) is 14.0. The van der Waals surface area contributed by atoms with Crippen molar-refractivity contribution in [1.82, 2.24) is 14.7 Å². The number of ether oxygens (including phenoxy) is 1. The zero-order valence-corrected chi connectivity index (χ0v) is 14.0. The van der Waals surface area contributed by atoms with E-state index in [0.29, 0.717) is 25.1 Å². The minimum atomic E-state index is -0.917. The number of hydrogen-bond acceptors (Lipinski definition) is 4. The minimum Gasteiger partial charge on any atom is -0.481 e. The topological polar surface area (TPSA) is 84.7 Å². The standard InChI is InChI=1S/C18H21N3O4/c1-25-16-7-15(8-17(22)23)21(12-16)18(24)14-9-19-20(11-14)10-13-5-3-2-4-6-13/h2-6,9,11,15-16H,7-8,10,12H2,1H3,(H,22,23). The van der Waals surface area contributed by atoms with Crippen LogP contribution in [0, 0.1) is 0 Å². The molecule has 0 radical (unpaired) electrons. The first-order valence-electron chi connectivity index (χ1n) is 8.18. The molecule has 1 saturated heterocycles. The number of methoxy groups -OCH3 is 1. The van der Waals surface area contributed by atoms with Crippen molar-refractivity contribution in [3.8, 4) is 0 Å². The van der Waals surface area contributed by atoms with Gasteiger partial charge in [0.1, 0.15) is 0 Å². The average molecular weight is 343 g/mol. The molecule has 2 atom stereocenters. The molecule has 1 amide bonds. The van der Waals surface area contributed by atoms with Crippen molar-refractivity contribution < 1.29 is 19.4 Å². The van der Waals surface area contributed by atoms with Gasteiger partial charge in [0.2, 0.25) is 0 Å². The largest absolute Gasteiger partial charge is 0.481 e. The molecule has 0 aliphatic carbocycles. The first-order valence-corrected chi connectivity index (χ1v) is 8.18. The summed E-state index contributed by atoms with van der Waals surface area (Å²) in [6.07, 6.45) is 3.56. The molecule has 7 nitrogen and oxygen atoms in total. The highest BCUT2D eigenvalue weighted by atomic mass is 16.5. The molecule has 1 N–H and O–H groups in total. The Kier molecular flexibility index (Phi) is 5.14. The van der Waals surface area contributed by atoms with E-state index in [0.717, 1.165) is 5.56 Å². The molecule has 132 valence electrons. The first kappa shape index (κ1) is 17.2. The van der Waals surface area contributed by atoms with E-state index in [9.17, 15) is 9.59 Å². The van der Waals surface area contributed by atoms with E-state index < -0.39 is 5.97 Å². The van der Waals surface area contributed by atoms with Gasteiger partial charge in [-0.05, 0) is 12.0 Å². The summed E-state index contributed by atoms with van der Waals surface area (Å²) in [4.78, 5) is 25.4. The van der Waals surface area contributed by atoms with Crippen molar-refractivity contribution >= 4 is 11.9 Å². The molecule has 2 heterocycles. The molecule has 1 aromatic heterocycles. The van der Waals surface area contributed by atoms with E-state index in [1.165, 1.54) is 6.20 Å². The maximum absolute atomic E-state index is 12.8. The molecule has 1 aliphatic rings. The van der Waals surface area contributed by atoms with Crippen molar-refractivity contribution in [2.75, 3.05) is 13.7 Å². The Morgan fingerprint density at radius 1 is 1.32 bits per heavy atom. The number of hydrogen-bond donors (Lipinski definition) is 1. The number of carbonyl (C=O) groups is 2. The van der Waals surface area contributed by atoms with Gasteiger partial charge >= 0.3 is 5.97 Å². The lowest BCUT2D eigenvalue weighted by molar-refractivity contribution is -0.137. The number of aliphatic carboxylic acids is 1. The number of carboxylic acids is 1. The van der Waals surface area contributed by atoms with Gasteiger partial charge in [-0.25, -0.2) is 0 Å². The Hall–Kier alpha value is -2.67. The summed E-state index contributed by atoms with van der Waals surface area (Å²) >= 11 is 0. The molecule has 0 spiro atoms. The second kappa shape index (κ2) is 7.48. The second-order valence-corrected chi connectivity index (χ2v) is 6.21. The number of carboxylic acid groups (broad SMARTS) is 1. The van der Waals surface area contributed by atoms with Gasteiger partial charge in [0, 0.05) is 25.9 Å². The highest BCUT2D eigenvalue weighted by molar-refractivity contribution is 5.94. The number of likely N-dealkylation sites (tertiary alicyclic amines) is 1. The first-order chi connectivity index (χ1) is 12.1. The number of rotatable bonds is 6. The highest BCUT2D eigenvalue weighted by Crippen LogP contribution is 2.24. The van der Waals surface area contributed by atoms with E-state index in [2.05, 4.69) is 5.10 Å². The van der Waals surface area contributed by atoms with Gasteiger partial charge in [-0.15, -0.1) is 0 Å². The molecule has 25 heavy (non-hydrogen) atoms. The van der Waals surface area contributed by atoms with Crippen LogP contribution < -0.4 is 0 Å². The van der Waals surface area contributed by atoms with Crippen molar-refractivity contribution in [2.24, 2.45) is 0 Å². The van der Waals surface area contributed by atoms with Crippen LogP contribution in [0.25, 0.3) is 0 Å². The number of carbonyl (C=O) groups excluding carboxylic acids is 1. The van der Waals surface area contributed by atoms with Crippen LogP contribution in [0.3, 0.4) is 0 Å². The molecule has 0 saturated carbocycles. The van der Waals surface area contributed by atoms with Crippen LogP contribution >= 0.6 is 0 Å². The van der Waals surface area contributed by atoms with Crippen molar-refractivity contribution in [1.29, 1.82) is 0 Å². The van der Waals surface area contributed by atoms with Crippen molar-refractivity contribution in [3.05, 3.63) is 53.9 Å². The Bertz CT molecular complexity index is 744. The van der Waals surface area contributed by atoms with Gasteiger partial charge in [-0.3, -0.25) is 14.3 Å². The number of nitrogens with zero attached hydrogens (tertiary/aromatic N) is 3. The van der Waals surface area contributed by atoms with Crippen LogP contribution in [0.1, 0.15) is 28.8 Å². The van der Waals surface area contributed by atoms with Gasteiger partial charge in [0.05, 0.1) is 30.8 Å². The van der Waals surface area contributed by atoms with Crippen LogP contribution in [0.2, 0.25) is 0 Å². The van der Waals surface area contributed by atoms with E-state index in [4.69, 9.17) is 9.84 Å².